The largest absolute Gasteiger partial charge is 0.338 e. The molecular formula is C17H22N2OS2. The molecular weight excluding hydrogens is 312 g/mol. The first-order valence-electron chi connectivity index (χ1n) is 8.07. The predicted molar refractivity (Wildman–Crippen MR) is 93.6 cm³/mol. The average molecular weight is 335 g/mol. The fourth-order valence-corrected chi connectivity index (χ4v) is 4.80. The summed E-state index contributed by atoms with van der Waals surface area (Å²) in [4.78, 5) is 21.1. The second-order valence-corrected chi connectivity index (χ2v) is 7.86. The van der Waals surface area contributed by atoms with E-state index in [-0.39, 0.29) is 5.91 Å². The van der Waals surface area contributed by atoms with E-state index in [0.717, 1.165) is 46.6 Å². The molecule has 0 aromatic carbocycles. The van der Waals surface area contributed by atoms with Crippen LogP contribution >= 0.6 is 22.7 Å². The van der Waals surface area contributed by atoms with Crippen molar-refractivity contribution < 1.29 is 4.79 Å². The summed E-state index contributed by atoms with van der Waals surface area (Å²) in [7, 11) is 0. The van der Waals surface area contributed by atoms with E-state index in [4.69, 9.17) is 0 Å². The Kier molecular flexibility index (Phi) is 5.26. The first-order valence-corrected chi connectivity index (χ1v) is 9.76. The number of hydrogen-bond acceptors (Lipinski definition) is 4. The molecule has 1 saturated heterocycles. The summed E-state index contributed by atoms with van der Waals surface area (Å²) in [6.45, 7) is 4.04. The van der Waals surface area contributed by atoms with Gasteiger partial charge in [-0.15, -0.1) is 22.7 Å². The number of carbonyl (C=O) groups is 1. The maximum atomic E-state index is 12.7. The molecule has 0 N–H and O–H groups in total. The number of rotatable bonds is 4. The second-order valence-electron chi connectivity index (χ2n) is 5.88. The number of carbonyl (C=O) groups excluding carboxylic acids is 1. The molecule has 118 valence electrons. The Hall–Kier alpha value is -1.20. The summed E-state index contributed by atoms with van der Waals surface area (Å²) in [5.41, 5.74) is 0. The van der Waals surface area contributed by atoms with E-state index < -0.39 is 0 Å². The lowest BCUT2D eigenvalue weighted by molar-refractivity contribution is 0.0764. The highest BCUT2D eigenvalue weighted by Crippen LogP contribution is 2.30. The summed E-state index contributed by atoms with van der Waals surface area (Å²) in [5, 5.41) is 3.00. The van der Waals surface area contributed by atoms with Crippen LogP contribution in [0.5, 0.6) is 0 Å². The third kappa shape index (κ3) is 3.58. The average Bonchev–Trinajstić information content (AvgIpc) is 3.16. The van der Waals surface area contributed by atoms with Gasteiger partial charge in [0.15, 0.2) is 0 Å². The summed E-state index contributed by atoms with van der Waals surface area (Å²) in [6, 6.07) is 4.07. The number of nitrogens with zero attached hydrogens (tertiary/aromatic N) is 2. The van der Waals surface area contributed by atoms with Crippen molar-refractivity contribution in [3.05, 3.63) is 28.6 Å². The van der Waals surface area contributed by atoms with Crippen molar-refractivity contribution in [2.45, 2.75) is 39.0 Å². The molecule has 0 aliphatic carbocycles. The minimum absolute atomic E-state index is 0.164. The number of likely N-dealkylation sites (tertiary alicyclic amines) is 1. The van der Waals surface area contributed by atoms with Crippen LogP contribution < -0.4 is 0 Å². The topological polar surface area (TPSA) is 33.2 Å². The van der Waals surface area contributed by atoms with Gasteiger partial charge in [-0.2, -0.15) is 0 Å². The van der Waals surface area contributed by atoms with E-state index in [1.807, 2.05) is 16.3 Å². The first kappa shape index (κ1) is 15.7. The molecule has 22 heavy (non-hydrogen) atoms. The van der Waals surface area contributed by atoms with Gasteiger partial charge in [-0.1, -0.05) is 25.8 Å². The van der Waals surface area contributed by atoms with Gasteiger partial charge in [-0.3, -0.25) is 4.79 Å². The molecule has 2 aromatic heterocycles. The second kappa shape index (κ2) is 7.38. The van der Waals surface area contributed by atoms with E-state index in [9.17, 15) is 4.79 Å². The van der Waals surface area contributed by atoms with E-state index in [0.29, 0.717) is 0 Å². The zero-order valence-corrected chi connectivity index (χ0v) is 14.6. The van der Waals surface area contributed by atoms with Crippen molar-refractivity contribution in [2.75, 3.05) is 13.1 Å². The fourth-order valence-electron chi connectivity index (χ4n) is 3.11. The molecule has 1 fully saturated rings. The Morgan fingerprint density at radius 1 is 1.41 bits per heavy atom. The van der Waals surface area contributed by atoms with Crippen molar-refractivity contribution in [2.24, 2.45) is 5.92 Å². The standard InChI is InChI=1S/C17H22N2OS2/c1-2-5-13-6-3-9-19(10-8-13)17(20)15-12-18-16(22-15)14-7-4-11-21-14/h4,7,11-13H,2-3,5-6,8-10H2,1H3. The number of thiazole rings is 1. The monoisotopic (exact) mass is 334 g/mol. The van der Waals surface area contributed by atoms with E-state index >= 15 is 0 Å². The highest BCUT2D eigenvalue weighted by Gasteiger charge is 2.23. The molecule has 0 bridgehead atoms. The molecule has 3 heterocycles. The molecule has 1 atom stereocenters. The Morgan fingerprint density at radius 3 is 3.09 bits per heavy atom. The van der Waals surface area contributed by atoms with Gasteiger partial charge >= 0.3 is 0 Å². The molecule has 0 radical (unpaired) electrons. The van der Waals surface area contributed by atoms with Crippen LogP contribution in [0.1, 0.15) is 48.7 Å². The number of aromatic nitrogens is 1. The SMILES string of the molecule is CCCC1CCCN(C(=O)c2cnc(-c3cccs3)s2)CC1. The number of thiophene rings is 1. The number of amides is 1. The van der Waals surface area contributed by atoms with Crippen molar-refractivity contribution >= 4 is 28.6 Å². The van der Waals surface area contributed by atoms with Crippen LogP contribution in [0.2, 0.25) is 0 Å². The molecule has 3 nitrogen and oxygen atoms in total. The van der Waals surface area contributed by atoms with E-state index in [1.165, 1.54) is 30.6 Å². The Bertz CT molecular complexity index is 606. The Labute approximate surface area is 140 Å². The van der Waals surface area contributed by atoms with Crippen molar-refractivity contribution in [3.63, 3.8) is 0 Å². The van der Waals surface area contributed by atoms with E-state index in [2.05, 4.69) is 18.0 Å². The minimum atomic E-state index is 0.164. The summed E-state index contributed by atoms with van der Waals surface area (Å²) in [5.74, 6) is 0.961. The van der Waals surface area contributed by atoms with Crippen LogP contribution in [0.3, 0.4) is 0 Å². The Morgan fingerprint density at radius 2 is 2.32 bits per heavy atom. The molecule has 1 amide bonds. The zero-order valence-electron chi connectivity index (χ0n) is 13.0. The minimum Gasteiger partial charge on any atom is -0.338 e. The normalized spacial score (nSPS) is 19.1. The van der Waals surface area contributed by atoms with Gasteiger partial charge in [0.1, 0.15) is 9.88 Å². The van der Waals surface area contributed by atoms with Crippen LogP contribution in [-0.4, -0.2) is 28.9 Å². The molecule has 0 saturated carbocycles. The molecule has 3 rings (SSSR count). The lowest BCUT2D eigenvalue weighted by atomic mass is 9.96. The van der Waals surface area contributed by atoms with Gasteiger partial charge in [-0.05, 0) is 36.6 Å². The van der Waals surface area contributed by atoms with Crippen LogP contribution in [-0.2, 0) is 0 Å². The quantitative estimate of drug-likeness (QED) is 0.795. The highest BCUT2D eigenvalue weighted by molar-refractivity contribution is 7.21. The van der Waals surface area contributed by atoms with Crippen LogP contribution in [0, 0.1) is 5.92 Å². The summed E-state index contributed by atoms with van der Waals surface area (Å²) >= 11 is 3.19. The molecule has 0 spiro atoms. The molecule has 1 aliphatic rings. The third-order valence-electron chi connectivity index (χ3n) is 4.28. The lowest BCUT2D eigenvalue weighted by Gasteiger charge is -2.19. The van der Waals surface area contributed by atoms with Crippen molar-refractivity contribution in [1.29, 1.82) is 0 Å². The van der Waals surface area contributed by atoms with Gasteiger partial charge < -0.3 is 4.90 Å². The molecule has 5 heteroatoms. The zero-order chi connectivity index (χ0) is 15.4. The lowest BCUT2D eigenvalue weighted by Crippen LogP contribution is -2.31. The Balaban J connectivity index is 1.66. The van der Waals surface area contributed by atoms with Crippen LogP contribution in [0.25, 0.3) is 9.88 Å². The first-order chi connectivity index (χ1) is 10.8. The maximum absolute atomic E-state index is 12.7. The van der Waals surface area contributed by atoms with Crippen LogP contribution in [0.4, 0.5) is 0 Å². The summed E-state index contributed by atoms with van der Waals surface area (Å²) < 4.78 is 0. The fraction of sp³-hybridized carbons (Fsp3) is 0.529. The van der Waals surface area contributed by atoms with Gasteiger partial charge in [0.2, 0.25) is 0 Å². The highest BCUT2D eigenvalue weighted by atomic mass is 32.1. The van der Waals surface area contributed by atoms with Gasteiger partial charge in [0, 0.05) is 13.1 Å². The van der Waals surface area contributed by atoms with Crippen molar-refractivity contribution in [1.82, 2.24) is 9.88 Å². The molecule has 2 aromatic rings. The van der Waals surface area contributed by atoms with Crippen molar-refractivity contribution in [3.8, 4) is 9.88 Å². The smallest absolute Gasteiger partial charge is 0.265 e. The van der Waals surface area contributed by atoms with Gasteiger partial charge in [0.05, 0.1) is 11.1 Å². The van der Waals surface area contributed by atoms with E-state index in [1.54, 1.807) is 17.5 Å². The third-order valence-corrected chi connectivity index (χ3v) is 6.30. The van der Waals surface area contributed by atoms with Gasteiger partial charge in [0.25, 0.3) is 5.91 Å². The summed E-state index contributed by atoms with van der Waals surface area (Å²) in [6.07, 6.45) is 7.84. The molecule has 1 aliphatic heterocycles. The molecule has 1 unspecified atom stereocenters. The maximum Gasteiger partial charge on any atom is 0.265 e. The predicted octanol–water partition coefficient (Wildman–Crippen LogP) is 4.91. The van der Waals surface area contributed by atoms with Gasteiger partial charge in [-0.25, -0.2) is 4.98 Å². The number of hydrogen-bond donors (Lipinski definition) is 0. The van der Waals surface area contributed by atoms with Crippen LogP contribution in [0.15, 0.2) is 23.7 Å².